The highest BCUT2D eigenvalue weighted by Crippen LogP contribution is 2.14. The van der Waals surface area contributed by atoms with Crippen molar-refractivity contribution in [2.75, 3.05) is 12.3 Å². The standard InChI is InChI=1S/C9H13ClN2S/c10-9-6-8(2-4-12-9)7-13-5-1-3-11/h2,4,6H,1,3,5,7,11H2. The summed E-state index contributed by atoms with van der Waals surface area (Å²) in [5.41, 5.74) is 6.61. The summed E-state index contributed by atoms with van der Waals surface area (Å²) in [6.45, 7) is 0.768. The summed E-state index contributed by atoms with van der Waals surface area (Å²) in [6.07, 6.45) is 2.81. The number of nitrogens with two attached hydrogens (primary N) is 1. The molecule has 0 bridgehead atoms. The molecule has 2 nitrogen and oxygen atoms in total. The van der Waals surface area contributed by atoms with Gasteiger partial charge in [-0.15, -0.1) is 0 Å². The van der Waals surface area contributed by atoms with Crippen LogP contribution in [-0.4, -0.2) is 17.3 Å². The summed E-state index contributed by atoms with van der Waals surface area (Å²) < 4.78 is 0. The number of pyridine rings is 1. The maximum absolute atomic E-state index is 5.74. The Morgan fingerprint density at radius 2 is 2.38 bits per heavy atom. The molecular weight excluding hydrogens is 204 g/mol. The van der Waals surface area contributed by atoms with E-state index in [1.165, 1.54) is 5.56 Å². The Balaban J connectivity index is 2.28. The second-order valence-electron chi connectivity index (χ2n) is 2.68. The van der Waals surface area contributed by atoms with Crippen molar-refractivity contribution in [2.45, 2.75) is 12.2 Å². The van der Waals surface area contributed by atoms with Crippen molar-refractivity contribution in [3.05, 3.63) is 29.0 Å². The van der Waals surface area contributed by atoms with Crippen LogP contribution >= 0.6 is 23.4 Å². The van der Waals surface area contributed by atoms with Crippen molar-refractivity contribution < 1.29 is 0 Å². The van der Waals surface area contributed by atoms with Gasteiger partial charge in [0.15, 0.2) is 0 Å². The van der Waals surface area contributed by atoms with Crippen LogP contribution in [0.4, 0.5) is 0 Å². The quantitative estimate of drug-likeness (QED) is 0.607. The number of aromatic nitrogens is 1. The SMILES string of the molecule is NCCCSCc1ccnc(Cl)c1. The number of halogens is 1. The molecule has 1 rings (SSSR count). The van der Waals surface area contributed by atoms with Gasteiger partial charge in [0, 0.05) is 11.9 Å². The smallest absolute Gasteiger partial charge is 0.129 e. The average Bonchev–Trinajstić information content (AvgIpc) is 2.13. The first-order valence-electron chi connectivity index (χ1n) is 4.21. The third-order valence-corrected chi connectivity index (χ3v) is 2.87. The van der Waals surface area contributed by atoms with E-state index in [4.69, 9.17) is 17.3 Å². The lowest BCUT2D eigenvalue weighted by Crippen LogP contribution is -1.99. The van der Waals surface area contributed by atoms with Crippen molar-refractivity contribution in [3.8, 4) is 0 Å². The van der Waals surface area contributed by atoms with Crippen LogP contribution in [0.3, 0.4) is 0 Å². The topological polar surface area (TPSA) is 38.9 Å². The largest absolute Gasteiger partial charge is 0.330 e. The van der Waals surface area contributed by atoms with Crippen LogP contribution in [0.15, 0.2) is 18.3 Å². The lowest BCUT2D eigenvalue weighted by atomic mass is 10.3. The summed E-state index contributed by atoms with van der Waals surface area (Å²) in [6, 6.07) is 3.89. The number of hydrogen-bond acceptors (Lipinski definition) is 3. The summed E-state index contributed by atoms with van der Waals surface area (Å²) in [5, 5.41) is 0.567. The van der Waals surface area contributed by atoms with Gasteiger partial charge in [0.05, 0.1) is 0 Å². The van der Waals surface area contributed by atoms with Crippen LogP contribution in [0, 0.1) is 0 Å². The predicted octanol–water partition coefficient (Wildman–Crippen LogP) is 2.32. The highest BCUT2D eigenvalue weighted by Gasteiger charge is 1.94. The fourth-order valence-corrected chi connectivity index (χ4v) is 2.03. The van der Waals surface area contributed by atoms with Crippen molar-refractivity contribution in [2.24, 2.45) is 5.73 Å². The molecule has 0 aromatic carbocycles. The lowest BCUT2D eigenvalue weighted by molar-refractivity contribution is 0.943. The van der Waals surface area contributed by atoms with Gasteiger partial charge in [0.2, 0.25) is 0 Å². The molecule has 0 spiro atoms. The molecule has 0 atom stereocenters. The van der Waals surface area contributed by atoms with Crippen LogP contribution in [0.1, 0.15) is 12.0 Å². The van der Waals surface area contributed by atoms with Crippen LogP contribution in [0.5, 0.6) is 0 Å². The number of nitrogens with zero attached hydrogens (tertiary/aromatic N) is 1. The first kappa shape index (κ1) is 10.8. The van der Waals surface area contributed by atoms with E-state index in [9.17, 15) is 0 Å². The fourth-order valence-electron chi connectivity index (χ4n) is 0.908. The van der Waals surface area contributed by atoms with Gasteiger partial charge in [-0.1, -0.05) is 11.6 Å². The summed E-state index contributed by atoms with van der Waals surface area (Å²) in [7, 11) is 0. The van der Waals surface area contributed by atoms with E-state index in [0.29, 0.717) is 5.15 Å². The Kier molecular flexibility index (Phi) is 5.20. The molecule has 2 N–H and O–H groups in total. The molecule has 1 aromatic heterocycles. The Labute approximate surface area is 87.9 Å². The van der Waals surface area contributed by atoms with E-state index in [-0.39, 0.29) is 0 Å². The Morgan fingerprint density at radius 3 is 3.08 bits per heavy atom. The van der Waals surface area contributed by atoms with Gasteiger partial charge in [0.1, 0.15) is 5.15 Å². The van der Waals surface area contributed by atoms with Crippen molar-refractivity contribution >= 4 is 23.4 Å². The van der Waals surface area contributed by atoms with Gasteiger partial charge in [-0.25, -0.2) is 4.98 Å². The van der Waals surface area contributed by atoms with E-state index in [1.807, 2.05) is 23.9 Å². The van der Waals surface area contributed by atoms with Crippen molar-refractivity contribution in [1.29, 1.82) is 0 Å². The van der Waals surface area contributed by atoms with Gasteiger partial charge < -0.3 is 5.73 Å². The third-order valence-electron chi connectivity index (χ3n) is 1.55. The minimum atomic E-state index is 0.567. The zero-order valence-electron chi connectivity index (χ0n) is 7.37. The number of thioether (sulfide) groups is 1. The first-order valence-corrected chi connectivity index (χ1v) is 5.74. The summed E-state index contributed by atoms with van der Waals surface area (Å²) in [5.74, 6) is 2.10. The van der Waals surface area contributed by atoms with Crippen LogP contribution in [0.25, 0.3) is 0 Å². The van der Waals surface area contributed by atoms with E-state index < -0.39 is 0 Å². The molecule has 0 amide bonds. The van der Waals surface area contributed by atoms with Gasteiger partial charge in [-0.3, -0.25) is 0 Å². The fraction of sp³-hybridized carbons (Fsp3) is 0.444. The monoisotopic (exact) mass is 216 g/mol. The minimum absolute atomic E-state index is 0.567. The molecule has 0 aliphatic carbocycles. The van der Waals surface area contributed by atoms with Crippen LogP contribution < -0.4 is 5.73 Å². The zero-order chi connectivity index (χ0) is 9.52. The second kappa shape index (κ2) is 6.24. The van der Waals surface area contributed by atoms with Crippen molar-refractivity contribution in [1.82, 2.24) is 4.98 Å². The zero-order valence-corrected chi connectivity index (χ0v) is 8.94. The molecule has 1 heterocycles. The number of hydrogen-bond donors (Lipinski definition) is 1. The highest BCUT2D eigenvalue weighted by atomic mass is 35.5. The average molecular weight is 217 g/mol. The molecule has 1 aromatic rings. The van der Waals surface area contributed by atoms with Crippen LogP contribution in [0.2, 0.25) is 5.15 Å². The molecule has 0 aliphatic heterocycles. The Bertz CT molecular complexity index is 255. The van der Waals surface area contributed by atoms with E-state index in [1.54, 1.807) is 6.20 Å². The third kappa shape index (κ3) is 4.50. The first-order chi connectivity index (χ1) is 6.33. The number of rotatable bonds is 5. The van der Waals surface area contributed by atoms with E-state index >= 15 is 0 Å². The molecule has 0 saturated carbocycles. The predicted molar refractivity (Wildman–Crippen MR) is 59.1 cm³/mol. The maximum atomic E-state index is 5.74. The van der Waals surface area contributed by atoms with Gasteiger partial charge in [0.25, 0.3) is 0 Å². The molecule has 0 aliphatic rings. The van der Waals surface area contributed by atoms with Crippen LogP contribution in [-0.2, 0) is 5.75 Å². The molecule has 0 saturated heterocycles. The van der Waals surface area contributed by atoms with Gasteiger partial charge in [-0.2, -0.15) is 11.8 Å². The van der Waals surface area contributed by atoms with Gasteiger partial charge >= 0.3 is 0 Å². The minimum Gasteiger partial charge on any atom is -0.330 e. The second-order valence-corrected chi connectivity index (χ2v) is 4.17. The lowest BCUT2D eigenvalue weighted by Gasteiger charge is -2.00. The van der Waals surface area contributed by atoms with E-state index in [0.717, 1.165) is 24.5 Å². The normalized spacial score (nSPS) is 10.3. The molecule has 72 valence electrons. The maximum Gasteiger partial charge on any atom is 0.129 e. The molecule has 13 heavy (non-hydrogen) atoms. The van der Waals surface area contributed by atoms with E-state index in [2.05, 4.69) is 4.98 Å². The molecule has 0 radical (unpaired) electrons. The van der Waals surface area contributed by atoms with Crippen molar-refractivity contribution in [3.63, 3.8) is 0 Å². The molecular formula is C9H13ClN2S. The van der Waals surface area contributed by atoms with Gasteiger partial charge in [-0.05, 0) is 36.4 Å². The summed E-state index contributed by atoms with van der Waals surface area (Å²) >= 11 is 7.62. The Morgan fingerprint density at radius 1 is 1.54 bits per heavy atom. The molecule has 4 heteroatoms. The summed E-state index contributed by atoms with van der Waals surface area (Å²) in [4.78, 5) is 3.92. The molecule has 0 fully saturated rings. The Hall–Kier alpha value is -0.250. The molecule has 0 unspecified atom stereocenters. The highest BCUT2D eigenvalue weighted by molar-refractivity contribution is 7.98.